The van der Waals surface area contributed by atoms with Crippen LogP contribution in [-0.2, 0) is 5.41 Å². The lowest BCUT2D eigenvalue weighted by Gasteiger charge is -2.31. The molecule has 0 bridgehead atoms. The van der Waals surface area contributed by atoms with Crippen LogP contribution in [0.1, 0.15) is 19.4 Å². The molecule has 1 rings (SSSR count). The van der Waals surface area contributed by atoms with Gasteiger partial charge in [0, 0.05) is 21.5 Å². The normalized spacial score (nSPS) is 14.0. The Labute approximate surface area is 100.0 Å². The molecule has 0 saturated heterocycles. The van der Waals surface area contributed by atoms with Crippen LogP contribution in [0, 0.1) is 0 Å². The monoisotopic (exact) mass is 247 g/mol. The van der Waals surface area contributed by atoms with E-state index >= 15 is 0 Å². The van der Waals surface area contributed by atoms with Crippen LogP contribution in [0.4, 0.5) is 0 Å². The number of aliphatic hydroxyl groups excluding tert-OH is 1. The van der Waals surface area contributed by atoms with Gasteiger partial charge in [0.05, 0.1) is 6.61 Å². The molecule has 0 radical (unpaired) electrons. The zero-order chi connectivity index (χ0) is 11.6. The Balaban J connectivity index is 3.19. The van der Waals surface area contributed by atoms with E-state index in [0.717, 1.165) is 5.56 Å². The minimum absolute atomic E-state index is 0.0875. The zero-order valence-electron chi connectivity index (χ0n) is 8.80. The first kappa shape index (κ1) is 12.8. The van der Waals surface area contributed by atoms with Crippen molar-refractivity contribution in [2.75, 3.05) is 6.61 Å². The fourth-order valence-electron chi connectivity index (χ4n) is 1.42. The maximum Gasteiger partial charge on any atom is 0.0591 e. The van der Waals surface area contributed by atoms with E-state index in [1.54, 1.807) is 18.2 Å². The summed E-state index contributed by atoms with van der Waals surface area (Å²) in [6.45, 7) is 3.78. The van der Waals surface area contributed by atoms with Gasteiger partial charge in [0.2, 0.25) is 0 Å². The maximum absolute atomic E-state index is 9.09. The number of benzene rings is 1. The van der Waals surface area contributed by atoms with Crippen LogP contribution in [0.3, 0.4) is 0 Å². The maximum atomic E-state index is 9.09. The molecule has 0 aliphatic heterocycles. The zero-order valence-corrected chi connectivity index (χ0v) is 10.3. The molecular formula is C11H15Cl2NO. The molecule has 4 heteroatoms. The van der Waals surface area contributed by atoms with Gasteiger partial charge in [0.1, 0.15) is 0 Å². The lowest BCUT2D eigenvalue weighted by atomic mass is 9.78. The molecule has 0 aliphatic carbocycles. The average Bonchev–Trinajstić information content (AvgIpc) is 2.20. The Morgan fingerprint density at radius 2 is 2.00 bits per heavy atom. The Bertz CT molecular complexity index is 352. The standard InChI is InChI=1S/C11H15Cl2NO/c1-11(2,10(14)6-15)8-5-7(12)3-4-9(8)13/h3-5,10,15H,6,14H2,1-2H3. The van der Waals surface area contributed by atoms with E-state index < -0.39 is 5.41 Å². The molecule has 0 fully saturated rings. The highest BCUT2D eigenvalue weighted by Crippen LogP contribution is 2.33. The van der Waals surface area contributed by atoms with Crippen LogP contribution >= 0.6 is 23.2 Å². The minimum atomic E-state index is -0.406. The summed E-state index contributed by atoms with van der Waals surface area (Å²) in [5, 5.41) is 10.3. The second kappa shape index (κ2) is 4.71. The number of halogens is 2. The second-order valence-electron chi connectivity index (χ2n) is 4.13. The summed E-state index contributed by atoms with van der Waals surface area (Å²) < 4.78 is 0. The van der Waals surface area contributed by atoms with Crippen LogP contribution in [0.15, 0.2) is 18.2 Å². The number of hydrogen-bond donors (Lipinski definition) is 2. The predicted octanol–water partition coefficient (Wildman–Crippen LogP) is 2.59. The van der Waals surface area contributed by atoms with E-state index in [2.05, 4.69) is 0 Å². The molecular weight excluding hydrogens is 233 g/mol. The molecule has 0 amide bonds. The molecule has 0 aromatic heterocycles. The highest BCUT2D eigenvalue weighted by molar-refractivity contribution is 6.33. The lowest BCUT2D eigenvalue weighted by molar-refractivity contribution is 0.220. The highest BCUT2D eigenvalue weighted by atomic mass is 35.5. The lowest BCUT2D eigenvalue weighted by Crippen LogP contribution is -2.43. The van der Waals surface area contributed by atoms with Gasteiger partial charge < -0.3 is 10.8 Å². The third-order valence-corrected chi connectivity index (χ3v) is 3.31. The summed E-state index contributed by atoms with van der Waals surface area (Å²) in [4.78, 5) is 0. The molecule has 0 spiro atoms. The van der Waals surface area contributed by atoms with Crippen LogP contribution in [0.25, 0.3) is 0 Å². The van der Waals surface area contributed by atoms with E-state index in [0.29, 0.717) is 10.0 Å². The predicted molar refractivity (Wildman–Crippen MR) is 64.5 cm³/mol. The van der Waals surface area contributed by atoms with Gasteiger partial charge in [-0.25, -0.2) is 0 Å². The Morgan fingerprint density at radius 1 is 1.40 bits per heavy atom. The molecule has 1 atom stereocenters. The van der Waals surface area contributed by atoms with E-state index in [4.69, 9.17) is 34.0 Å². The minimum Gasteiger partial charge on any atom is -0.395 e. The van der Waals surface area contributed by atoms with Crippen molar-refractivity contribution in [3.63, 3.8) is 0 Å². The molecule has 2 nitrogen and oxygen atoms in total. The van der Waals surface area contributed by atoms with Gasteiger partial charge in [-0.15, -0.1) is 0 Å². The molecule has 1 aromatic carbocycles. The number of nitrogens with two attached hydrogens (primary N) is 1. The van der Waals surface area contributed by atoms with E-state index in [1.807, 2.05) is 13.8 Å². The Hall–Kier alpha value is -0.280. The quantitative estimate of drug-likeness (QED) is 0.863. The van der Waals surface area contributed by atoms with Crippen molar-refractivity contribution in [2.45, 2.75) is 25.3 Å². The number of rotatable bonds is 3. The molecule has 3 N–H and O–H groups in total. The summed E-state index contributed by atoms with van der Waals surface area (Å²) >= 11 is 12.0. The molecule has 84 valence electrons. The van der Waals surface area contributed by atoms with Crippen molar-refractivity contribution >= 4 is 23.2 Å². The van der Waals surface area contributed by atoms with Crippen LogP contribution in [0.2, 0.25) is 10.0 Å². The van der Waals surface area contributed by atoms with Gasteiger partial charge in [0.25, 0.3) is 0 Å². The van der Waals surface area contributed by atoms with Crippen molar-refractivity contribution in [3.8, 4) is 0 Å². The fourth-order valence-corrected chi connectivity index (χ4v) is 1.95. The summed E-state index contributed by atoms with van der Waals surface area (Å²) in [7, 11) is 0. The highest BCUT2D eigenvalue weighted by Gasteiger charge is 2.30. The van der Waals surface area contributed by atoms with Crippen LogP contribution in [0.5, 0.6) is 0 Å². The summed E-state index contributed by atoms with van der Waals surface area (Å²) in [6.07, 6.45) is 0. The third kappa shape index (κ3) is 2.64. The van der Waals surface area contributed by atoms with Gasteiger partial charge in [0.15, 0.2) is 0 Å². The molecule has 1 aromatic rings. The van der Waals surface area contributed by atoms with Crippen LogP contribution < -0.4 is 5.73 Å². The Kier molecular flexibility index (Phi) is 4.01. The van der Waals surface area contributed by atoms with Crippen molar-refractivity contribution in [2.24, 2.45) is 5.73 Å². The first-order chi connectivity index (χ1) is 6.89. The topological polar surface area (TPSA) is 46.2 Å². The summed E-state index contributed by atoms with van der Waals surface area (Å²) in [5.41, 5.74) is 6.30. The fraction of sp³-hybridized carbons (Fsp3) is 0.455. The largest absolute Gasteiger partial charge is 0.395 e. The van der Waals surface area contributed by atoms with E-state index in [1.165, 1.54) is 0 Å². The van der Waals surface area contributed by atoms with E-state index in [-0.39, 0.29) is 12.6 Å². The first-order valence-corrected chi connectivity index (χ1v) is 5.47. The molecule has 0 aliphatic rings. The molecule has 0 heterocycles. The Morgan fingerprint density at radius 3 is 2.53 bits per heavy atom. The second-order valence-corrected chi connectivity index (χ2v) is 4.98. The SMILES string of the molecule is CC(C)(c1cc(Cl)ccc1Cl)C(N)CO. The first-order valence-electron chi connectivity index (χ1n) is 4.71. The van der Waals surface area contributed by atoms with Gasteiger partial charge in [-0.3, -0.25) is 0 Å². The molecule has 15 heavy (non-hydrogen) atoms. The van der Waals surface area contributed by atoms with Gasteiger partial charge in [-0.05, 0) is 23.8 Å². The number of hydrogen-bond acceptors (Lipinski definition) is 2. The van der Waals surface area contributed by atoms with Gasteiger partial charge in [-0.2, -0.15) is 0 Å². The average molecular weight is 248 g/mol. The molecule has 0 saturated carbocycles. The van der Waals surface area contributed by atoms with Crippen molar-refractivity contribution in [3.05, 3.63) is 33.8 Å². The van der Waals surface area contributed by atoms with Gasteiger partial charge in [-0.1, -0.05) is 37.0 Å². The smallest absolute Gasteiger partial charge is 0.0591 e. The summed E-state index contributed by atoms with van der Waals surface area (Å²) in [5.74, 6) is 0. The van der Waals surface area contributed by atoms with E-state index in [9.17, 15) is 0 Å². The van der Waals surface area contributed by atoms with Crippen molar-refractivity contribution in [1.82, 2.24) is 0 Å². The molecule has 1 unspecified atom stereocenters. The summed E-state index contributed by atoms with van der Waals surface area (Å²) in [6, 6.07) is 4.90. The van der Waals surface area contributed by atoms with Crippen LogP contribution in [-0.4, -0.2) is 17.8 Å². The van der Waals surface area contributed by atoms with Crippen molar-refractivity contribution < 1.29 is 5.11 Å². The van der Waals surface area contributed by atoms with Gasteiger partial charge >= 0.3 is 0 Å². The van der Waals surface area contributed by atoms with Crippen molar-refractivity contribution in [1.29, 1.82) is 0 Å². The third-order valence-electron chi connectivity index (χ3n) is 2.75. The number of aliphatic hydroxyl groups is 1.